The van der Waals surface area contributed by atoms with E-state index < -0.39 is 5.41 Å². The van der Waals surface area contributed by atoms with E-state index in [-0.39, 0.29) is 5.91 Å². The number of hydrogen-bond acceptors (Lipinski definition) is 1. The van der Waals surface area contributed by atoms with Gasteiger partial charge in [-0.05, 0) is 26.7 Å². The lowest BCUT2D eigenvalue weighted by atomic mass is 9.88. The molecule has 0 saturated carbocycles. The third-order valence-corrected chi connectivity index (χ3v) is 3.35. The fraction of sp³-hybridized carbons (Fsp3) is 0.500. The molecule has 0 N–H and O–H groups in total. The van der Waals surface area contributed by atoms with Crippen LogP contribution in [0.2, 0.25) is 0 Å². The van der Waals surface area contributed by atoms with Crippen molar-refractivity contribution in [2.45, 2.75) is 26.7 Å². The highest BCUT2D eigenvalue weighted by molar-refractivity contribution is 5.87. The van der Waals surface area contributed by atoms with Crippen molar-refractivity contribution in [3.8, 4) is 0 Å². The largest absolute Gasteiger partial charge is 0.342 e. The van der Waals surface area contributed by atoms with Crippen LogP contribution in [0.15, 0.2) is 36.0 Å². The molecule has 1 aliphatic heterocycles. The van der Waals surface area contributed by atoms with Gasteiger partial charge in [0.2, 0.25) is 5.91 Å². The predicted molar refractivity (Wildman–Crippen MR) is 66.0 cm³/mol. The van der Waals surface area contributed by atoms with Gasteiger partial charge < -0.3 is 4.90 Å². The molecule has 86 valence electrons. The third kappa shape index (κ3) is 2.11. The van der Waals surface area contributed by atoms with Crippen molar-refractivity contribution < 1.29 is 4.79 Å². The summed E-state index contributed by atoms with van der Waals surface area (Å²) in [6.45, 7) is 5.88. The Morgan fingerprint density at radius 1 is 1.31 bits per heavy atom. The molecule has 16 heavy (non-hydrogen) atoms. The van der Waals surface area contributed by atoms with Gasteiger partial charge in [-0.3, -0.25) is 4.79 Å². The summed E-state index contributed by atoms with van der Waals surface area (Å²) in [6.07, 6.45) is 12.4. The highest BCUT2D eigenvalue weighted by Gasteiger charge is 2.33. The Kier molecular flexibility index (Phi) is 2.99. The minimum atomic E-state index is -0.460. The molecule has 1 amide bonds. The molecule has 2 nitrogen and oxygen atoms in total. The maximum Gasteiger partial charge on any atom is 0.236 e. The van der Waals surface area contributed by atoms with Gasteiger partial charge in [0.15, 0.2) is 0 Å². The number of carbonyl (C=O) groups excluding carboxylic acids is 1. The lowest BCUT2D eigenvalue weighted by molar-refractivity contribution is -0.135. The quantitative estimate of drug-likeness (QED) is 0.661. The molecule has 1 aliphatic carbocycles. The monoisotopic (exact) mass is 217 g/mol. The fourth-order valence-electron chi connectivity index (χ4n) is 2.22. The summed E-state index contributed by atoms with van der Waals surface area (Å²) >= 11 is 0. The second kappa shape index (κ2) is 4.28. The van der Waals surface area contributed by atoms with E-state index >= 15 is 0 Å². The first kappa shape index (κ1) is 11.2. The van der Waals surface area contributed by atoms with Crippen LogP contribution in [0, 0.1) is 5.41 Å². The van der Waals surface area contributed by atoms with Crippen molar-refractivity contribution in [1.82, 2.24) is 4.90 Å². The zero-order valence-electron chi connectivity index (χ0n) is 10.1. The Labute approximate surface area is 97.3 Å². The van der Waals surface area contributed by atoms with Gasteiger partial charge in [-0.15, -0.1) is 0 Å². The van der Waals surface area contributed by atoms with Crippen LogP contribution in [0.4, 0.5) is 0 Å². The summed E-state index contributed by atoms with van der Waals surface area (Å²) in [4.78, 5) is 14.4. The average molecular weight is 217 g/mol. The highest BCUT2D eigenvalue weighted by atomic mass is 16.2. The van der Waals surface area contributed by atoms with Crippen molar-refractivity contribution >= 4 is 5.91 Å². The van der Waals surface area contributed by atoms with Gasteiger partial charge in [0, 0.05) is 13.1 Å². The van der Waals surface area contributed by atoms with Gasteiger partial charge in [-0.1, -0.05) is 36.0 Å². The maximum absolute atomic E-state index is 12.4. The summed E-state index contributed by atoms with van der Waals surface area (Å²) in [5.74, 6) is 0.237. The number of hydrogen-bond donors (Lipinski definition) is 0. The predicted octanol–water partition coefficient (Wildman–Crippen LogP) is 2.69. The standard InChI is InChI=1S/C14H19NO/c1-12-6-5-8-14(2,9-7-12)13(16)15-10-3-4-11-15/h5-9H,3-4,10-11H2,1-2H3. The number of allylic oxidation sites excluding steroid dienone is 4. The van der Waals surface area contributed by atoms with Gasteiger partial charge in [-0.2, -0.15) is 0 Å². The molecule has 0 spiro atoms. The number of carbonyl (C=O) groups is 1. The van der Waals surface area contributed by atoms with E-state index in [9.17, 15) is 4.79 Å². The van der Waals surface area contributed by atoms with E-state index in [0.717, 1.165) is 25.9 Å². The van der Waals surface area contributed by atoms with E-state index in [2.05, 4.69) is 0 Å². The van der Waals surface area contributed by atoms with Gasteiger partial charge >= 0.3 is 0 Å². The molecule has 0 aromatic heterocycles. The van der Waals surface area contributed by atoms with E-state index in [4.69, 9.17) is 0 Å². The number of likely N-dealkylation sites (tertiary alicyclic amines) is 1. The van der Waals surface area contributed by atoms with Crippen molar-refractivity contribution in [3.63, 3.8) is 0 Å². The Morgan fingerprint density at radius 3 is 2.69 bits per heavy atom. The summed E-state index contributed by atoms with van der Waals surface area (Å²) in [6, 6.07) is 0. The molecule has 1 unspecified atom stereocenters. The van der Waals surface area contributed by atoms with Crippen molar-refractivity contribution in [3.05, 3.63) is 36.0 Å². The summed E-state index contributed by atoms with van der Waals surface area (Å²) < 4.78 is 0. The van der Waals surface area contributed by atoms with Gasteiger partial charge in [-0.25, -0.2) is 0 Å². The Morgan fingerprint density at radius 2 is 2.00 bits per heavy atom. The van der Waals surface area contributed by atoms with Gasteiger partial charge in [0.05, 0.1) is 5.41 Å². The van der Waals surface area contributed by atoms with Crippen molar-refractivity contribution in [2.24, 2.45) is 5.41 Å². The molecular formula is C14H19NO. The normalized spacial score (nSPS) is 29.1. The second-order valence-corrected chi connectivity index (χ2v) is 4.89. The first-order valence-electron chi connectivity index (χ1n) is 5.96. The first-order valence-corrected chi connectivity index (χ1v) is 5.96. The van der Waals surface area contributed by atoms with Crippen molar-refractivity contribution in [2.75, 3.05) is 13.1 Å². The lowest BCUT2D eigenvalue weighted by Gasteiger charge is -2.27. The molecule has 1 fully saturated rings. The fourth-order valence-corrected chi connectivity index (χ4v) is 2.22. The zero-order chi connectivity index (χ0) is 11.6. The molecule has 0 bridgehead atoms. The molecule has 1 heterocycles. The Bertz CT molecular complexity index is 372. The van der Waals surface area contributed by atoms with Crippen LogP contribution in [-0.2, 0) is 4.79 Å². The molecule has 2 rings (SSSR count). The molecule has 0 aromatic carbocycles. The van der Waals surface area contributed by atoms with Crippen LogP contribution in [0.25, 0.3) is 0 Å². The van der Waals surface area contributed by atoms with Gasteiger partial charge in [0.25, 0.3) is 0 Å². The summed E-state index contributed by atoms with van der Waals surface area (Å²) in [5.41, 5.74) is 0.729. The third-order valence-electron chi connectivity index (χ3n) is 3.35. The molecule has 1 saturated heterocycles. The molecule has 1 atom stereocenters. The van der Waals surface area contributed by atoms with Crippen LogP contribution >= 0.6 is 0 Å². The van der Waals surface area contributed by atoms with E-state index in [0.29, 0.717) is 0 Å². The minimum Gasteiger partial charge on any atom is -0.342 e. The maximum atomic E-state index is 12.4. The zero-order valence-corrected chi connectivity index (χ0v) is 10.1. The molecule has 2 aliphatic rings. The summed E-state index contributed by atoms with van der Waals surface area (Å²) in [7, 11) is 0. The van der Waals surface area contributed by atoms with Crippen molar-refractivity contribution in [1.29, 1.82) is 0 Å². The smallest absolute Gasteiger partial charge is 0.236 e. The Balaban J connectivity index is 2.19. The lowest BCUT2D eigenvalue weighted by Crippen LogP contribution is -2.38. The van der Waals surface area contributed by atoms with E-state index in [1.54, 1.807) is 0 Å². The Hall–Kier alpha value is -1.31. The number of nitrogens with zero attached hydrogens (tertiary/aromatic N) is 1. The minimum absolute atomic E-state index is 0.237. The van der Waals surface area contributed by atoms with Crippen LogP contribution in [0.1, 0.15) is 26.7 Å². The van der Waals surface area contributed by atoms with Crippen LogP contribution in [-0.4, -0.2) is 23.9 Å². The molecular weight excluding hydrogens is 198 g/mol. The summed E-state index contributed by atoms with van der Waals surface area (Å²) in [5, 5.41) is 0. The topological polar surface area (TPSA) is 20.3 Å². The number of amides is 1. The van der Waals surface area contributed by atoms with E-state index in [1.165, 1.54) is 5.57 Å². The first-order chi connectivity index (χ1) is 7.62. The SMILES string of the molecule is CC1=CC=CC(C)(C(=O)N2CCCC2)C=C1. The molecule has 0 radical (unpaired) electrons. The molecule has 2 heteroatoms. The average Bonchev–Trinajstić information content (AvgIpc) is 2.73. The second-order valence-electron chi connectivity index (χ2n) is 4.89. The number of rotatable bonds is 1. The van der Waals surface area contributed by atoms with Gasteiger partial charge in [0.1, 0.15) is 0 Å². The van der Waals surface area contributed by atoms with Crippen LogP contribution in [0.5, 0.6) is 0 Å². The van der Waals surface area contributed by atoms with E-state index in [1.807, 2.05) is 49.1 Å². The molecule has 0 aromatic rings. The van der Waals surface area contributed by atoms with Crippen LogP contribution < -0.4 is 0 Å². The highest BCUT2D eigenvalue weighted by Crippen LogP contribution is 2.28. The van der Waals surface area contributed by atoms with Crippen LogP contribution in [0.3, 0.4) is 0 Å².